The number of carbonyl (C=O) groups excluding carboxylic acids is 1. The Morgan fingerprint density at radius 1 is 1.08 bits per heavy atom. The molecule has 4 rings (SSSR count). The van der Waals surface area contributed by atoms with E-state index in [-0.39, 0.29) is 17.7 Å². The zero-order valence-corrected chi connectivity index (χ0v) is 13.9. The number of carbonyl (C=O) groups is 2. The third kappa shape index (κ3) is 2.64. The summed E-state index contributed by atoms with van der Waals surface area (Å²) in [5.41, 5.74) is 4.34. The molecule has 0 saturated heterocycles. The number of fused-ring (bicyclic) bond motifs is 3. The molecule has 4 nitrogen and oxygen atoms in total. The standard InChI is InChI=1S/C21H19NO3/c1-12(23)15-9-10-19-18(11-15)16-3-2-4-17(16)20(22-19)13-5-7-14(8-6-13)21(24)25/h2-3,5-11,16-17,20,22H,4H2,1H3,(H,24,25)/t16-,17+,20+/m1/s1. The minimum Gasteiger partial charge on any atom is -0.478 e. The average molecular weight is 333 g/mol. The lowest BCUT2D eigenvalue weighted by atomic mass is 9.76. The molecule has 0 fully saturated rings. The molecule has 2 N–H and O–H groups in total. The second kappa shape index (κ2) is 5.88. The van der Waals surface area contributed by atoms with Gasteiger partial charge in [-0.05, 0) is 60.7 Å². The van der Waals surface area contributed by atoms with Crippen LogP contribution in [0.15, 0.2) is 54.6 Å². The van der Waals surface area contributed by atoms with E-state index in [1.54, 1.807) is 19.1 Å². The van der Waals surface area contributed by atoms with Crippen LogP contribution in [0.1, 0.15) is 57.1 Å². The van der Waals surface area contributed by atoms with Crippen LogP contribution in [0.2, 0.25) is 0 Å². The topological polar surface area (TPSA) is 66.4 Å². The molecule has 0 radical (unpaired) electrons. The molecule has 2 aromatic rings. The number of hydrogen-bond donors (Lipinski definition) is 2. The molecule has 2 aromatic carbocycles. The van der Waals surface area contributed by atoms with E-state index < -0.39 is 5.97 Å². The normalized spacial score (nSPS) is 23.5. The van der Waals surface area contributed by atoms with Crippen molar-refractivity contribution in [3.05, 3.63) is 76.9 Å². The first kappa shape index (κ1) is 15.6. The van der Waals surface area contributed by atoms with E-state index in [0.29, 0.717) is 11.5 Å². The van der Waals surface area contributed by atoms with Crippen molar-refractivity contribution in [2.45, 2.75) is 25.3 Å². The van der Waals surface area contributed by atoms with Crippen molar-refractivity contribution in [2.75, 3.05) is 5.32 Å². The maximum atomic E-state index is 11.7. The van der Waals surface area contributed by atoms with E-state index in [2.05, 4.69) is 17.5 Å². The third-order valence-corrected chi connectivity index (χ3v) is 5.29. The predicted octanol–water partition coefficient (Wildman–Crippen LogP) is 4.41. The first-order valence-corrected chi connectivity index (χ1v) is 8.46. The lowest BCUT2D eigenvalue weighted by Gasteiger charge is -2.37. The van der Waals surface area contributed by atoms with Gasteiger partial charge in [-0.25, -0.2) is 4.79 Å². The monoisotopic (exact) mass is 333 g/mol. The SMILES string of the molecule is CC(=O)c1ccc2c(c1)[C@@H]1C=CC[C@@H]1[C@H](c1ccc(C(=O)O)cc1)N2. The smallest absolute Gasteiger partial charge is 0.335 e. The van der Waals surface area contributed by atoms with Gasteiger partial charge in [0.15, 0.2) is 5.78 Å². The highest BCUT2D eigenvalue weighted by molar-refractivity contribution is 5.95. The number of aromatic carboxylic acids is 1. The molecule has 3 atom stereocenters. The van der Waals surface area contributed by atoms with Gasteiger partial charge in [-0.15, -0.1) is 0 Å². The fourth-order valence-corrected chi connectivity index (χ4v) is 3.98. The van der Waals surface area contributed by atoms with Crippen LogP contribution in [0.25, 0.3) is 0 Å². The molecule has 1 heterocycles. The van der Waals surface area contributed by atoms with Crippen LogP contribution in [-0.2, 0) is 0 Å². The van der Waals surface area contributed by atoms with Gasteiger partial charge in [0.2, 0.25) is 0 Å². The summed E-state index contributed by atoms with van der Waals surface area (Å²) in [5.74, 6) is -0.191. The molecular formula is C21H19NO3. The molecule has 1 aliphatic heterocycles. The summed E-state index contributed by atoms with van der Waals surface area (Å²) in [7, 11) is 0. The summed E-state index contributed by atoms with van der Waals surface area (Å²) in [5, 5.41) is 12.7. The van der Waals surface area contributed by atoms with Crippen LogP contribution in [0.5, 0.6) is 0 Å². The van der Waals surface area contributed by atoms with Crippen molar-refractivity contribution in [3.8, 4) is 0 Å². The molecule has 0 amide bonds. The third-order valence-electron chi connectivity index (χ3n) is 5.29. The Hall–Kier alpha value is -2.88. The second-order valence-electron chi connectivity index (χ2n) is 6.76. The highest BCUT2D eigenvalue weighted by atomic mass is 16.4. The highest BCUT2D eigenvalue weighted by Gasteiger charge is 2.38. The van der Waals surface area contributed by atoms with Gasteiger partial charge in [0, 0.05) is 17.2 Å². The van der Waals surface area contributed by atoms with Crippen LogP contribution in [0.3, 0.4) is 0 Å². The molecule has 2 aliphatic rings. The quantitative estimate of drug-likeness (QED) is 0.645. The number of anilines is 1. The summed E-state index contributed by atoms with van der Waals surface area (Å²) in [6, 6.07) is 13.1. The molecule has 4 heteroatoms. The van der Waals surface area contributed by atoms with Gasteiger partial charge in [0.1, 0.15) is 0 Å². The Morgan fingerprint density at radius 3 is 2.48 bits per heavy atom. The predicted molar refractivity (Wildman–Crippen MR) is 96.2 cm³/mol. The zero-order valence-electron chi connectivity index (χ0n) is 13.9. The van der Waals surface area contributed by atoms with Crippen molar-refractivity contribution >= 4 is 17.4 Å². The number of benzene rings is 2. The minimum atomic E-state index is -0.911. The number of allylic oxidation sites excluding steroid dienone is 2. The number of carboxylic acid groups (broad SMARTS) is 1. The summed E-state index contributed by atoms with van der Waals surface area (Å²) < 4.78 is 0. The molecule has 126 valence electrons. The number of Topliss-reactive ketones (excluding diaryl/α,β-unsaturated/α-hetero) is 1. The van der Waals surface area contributed by atoms with Crippen LogP contribution >= 0.6 is 0 Å². The average Bonchev–Trinajstić information content (AvgIpc) is 3.10. The van der Waals surface area contributed by atoms with Gasteiger partial charge < -0.3 is 10.4 Å². The van der Waals surface area contributed by atoms with E-state index in [9.17, 15) is 9.59 Å². The van der Waals surface area contributed by atoms with Crippen LogP contribution in [0.4, 0.5) is 5.69 Å². The molecule has 0 aromatic heterocycles. The van der Waals surface area contributed by atoms with E-state index in [4.69, 9.17) is 5.11 Å². The van der Waals surface area contributed by atoms with Crippen LogP contribution < -0.4 is 5.32 Å². The van der Waals surface area contributed by atoms with Crippen LogP contribution in [-0.4, -0.2) is 16.9 Å². The molecule has 0 bridgehead atoms. The number of ketones is 1. The molecule has 0 spiro atoms. The van der Waals surface area contributed by atoms with Gasteiger partial charge >= 0.3 is 5.97 Å². The van der Waals surface area contributed by atoms with Crippen molar-refractivity contribution in [2.24, 2.45) is 5.92 Å². The first-order valence-electron chi connectivity index (χ1n) is 8.46. The van der Waals surface area contributed by atoms with E-state index >= 15 is 0 Å². The van der Waals surface area contributed by atoms with E-state index in [1.165, 1.54) is 5.56 Å². The lowest BCUT2D eigenvalue weighted by molar-refractivity contribution is 0.0696. The van der Waals surface area contributed by atoms with Crippen molar-refractivity contribution in [1.29, 1.82) is 0 Å². The van der Waals surface area contributed by atoms with Gasteiger partial charge in [-0.3, -0.25) is 4.79 Å². The summed E-state index contributed by atoms with van der Waals surface area (Å²) >= 11 is 0. The molecule has 0 saturated carbocycles. The first-order chi connectivity index (χ1) is 12.0. The molecule has 0 unspecified atom stereocenters. The highest BCUT2D eigenvalue weighted by Crippen LogP contribution is 2.49. The summed E-state index contributed by atoms with van der Waals surface area (Å²) in [6.45, 7) is 1.59. The van der Waals surface area contributed by atoms with E-state index in [1.807, 2.05) is 30.3 Å². The Labute approximate surface area is 146 Å². The Balaban J connectivity index is 1.72. The lowest BCUT2D eigenvalue weighted by Crippen LogP contribution is -2.29. The Kier molecular flexibility index (Phi) is 3.68. The molecular weight excluding hydrogens is 314 g/mol. The maximum Gasteiger partial charge on any atom is 0.335 e. The zero-order chi connectivity index (χ0) is 17.6. The molecule has 1 aliphatic carbocycles. The summed E-state index contributed by atoms with van der Waals surface area (Å²) in [6.07, 6.45) is 5.39. The number of carboxylic acids is 1. The Morgan fingerprint density at radius 2 is 1.80 bits per heavy atom. The fraction of sp³-hybridized carbons (Fsp3) is 0.238. The van der Waals surface area contributed by atoms with Crippen LogP contribution in [0, 0.1) is 5.92 Å². The fourth-order valence-electron chi connectivity index (χ4n) is 3.98. The largest absolute Gasteiger partial charge is 0.478 e. The van der Waals surface area contributed by atoms with Gasteiger partial charge in [-0.1, -0.05) is 24.3 Å². The van der Waals surface area contributed by atoms with Gasteiger partial charge in [0.25, 0.3) is 0 Å². The van der Waals surface area contributed by atoms with E-state index in [0.717, 1.165) is 23.2 Å². The number of hydrogen-bond acceptors (Lipinski definition) is 3. The number of nitrogens with one attached hydrogen (secondary N) is 1. The Bertz CT molecular complexity index is 883. The number of rotatable bonds is 3. The van der Waals surface area contributed by atoms with Gasteiger partial charge in [-0.2, -0.15) is 0 Å². The van der Waals surface area contributed by atoms with Crippen molar-refractivity contribution < 1.29 is 14.7 Å². The minimum absolute atomic E-state index is 0.0766. The van der Waals surface area contributed by atoms with Crippen molar-refractivity contribution in [3.63, 3.8) is 0 Å². The summed E-state index contributed by atoms with van der Waals surface area (Å²) in [4.78, 5) is 22.8. The second-order valence-corrected chi connectivity index (χ2v) is 6.76. The maximum absolute atomic E-state index is 11.7. The van der Waals surface area contributed by atoms with Crippen molar-refractivity contribution in [1.82, 2.24) is 0 Å². The molecule has 25 heavy (non-hydrogen) atoms. The van der Waals surface area contributed by atoms with Gasteiger partial charge in [0.05, 0.1) is 11.6 Å².